The zero-order chi connectivity index (χ0) is 11.6. The van der Waals surface area contributed by atoms with Gasteiger partial charge >= 0.3 is 13.3 Å². The number of methoxy groups -OCH3 is 1. The van der Waals surface area contributed by atoms with E-state index in [9.17, 15) is 13.2 Å². The van der Waals surface area contributed by atoms with E-state index in [-0.39, 0.29) is 5.75 Å². The molecule has 4 nitrogen and oxygen atoms in total. The number of alkyl halides is 3. The van der Waals surface area contributed by atoms with Crippen LogP contribution >= 0.6 is 0 Å². The Labute approximate surface area is 83.5 Å². The molecule has 8 heteroatoms. The Kier molecular flexibility index (Phi) is 3.20. The molecule has 82 valence electrons. The summed E-state index contributed by atoms with van der Waals surface area (Å²) in [6.45, 7) is 0. The van der Waals surface area contributed by atoms with Crippen LogP contribution in [0.4, 0.5) is 13.2 Å². The van der Waals surface area contributed by atoms with Gasteiger partial charge in [0.15, 0.2) is 0 Å². The minimum atomic E-state index is -4.76. The van der Waals surface area contributed by atoms with Crippen LogP contribution in [0.25, 0.3) is 0 Å². The standard InChI is InChI=1S/C7H7BF3NO3/c1-15-4-2-3-12-6(7(9,10)11)5(4)8(13)14/h2-3,13-14H,1H3. The number of hydrogen-bond acceptors (Lipinski definition) is 4. The highest BCUT2D eigenvalue weighted by Gasteiger charge is 2.39. The second-order valence-corrected chi connectivity index (χ2v) is 2.65. The Hall–Kier alpha value is -1.28. The quantitative estimate of drug-likeness (QED) is 0.678. The van der Waals surface area contributed by atoms with Crippen LogP contribution in [-0.2, 0) is 6.18 Å². The summed E-state index contributed by atoms with van der Waals surface area (Å²) in [6, 6.07) is 1.12. The Morgan fingerprint density at radius 1 is 1.40 bits per heavy atom. The van der Waals surface area contributed by atoms with E-state index < -0.39 is 24.5 Å². The Morgan fingerprint density at radius 3 is 2.40 bits per heavy atom. The molecule has 0 bridgehead atoms. The molecule has 0 fully saturated rings. The maximum atomic E-state index is 12.4. The molecule has 0 aliphatic carbocycles. The van der Waals surface area contributed by atoms with Gasteiger partial charge in [-0.1, -0.05) is 0 Å². The highest BCUT2D eigenvalue weighted by atomic mass is 19.4. The number of nitrogens with zero attached hydrogens (tertiary/aromatic N) is 1. The molecule has 1 rings (SSSR count). The highest BCUT2D eigenvalue weighted by molar-refractivity contribution is 6.60. The van der Waals surface area contributed by atoms with Gasteiger partial charge in [-0.15, -0.1) is 0 Å². The van der Waals surface area contributed by atoms with Gasteiger partial charge in [0, 0.05) is 6.20 Å². The fraction of sp³-hybridized carbons (Fsp3) is 0.286. The van der Waals surface area contributed by atoms with E-state index in [2.05, 4.69) is 9.72 Å². The summed E-state index contributed by atoms with van der Waals surface area (Å²) in [5.41, 5.74) is -2.15. The number of ether oxygens (including phenoxy) is 1. The maximum absolute atomic E-state index is 12.4. The second kappa shape index (κ2) is 4.07. The minimum Gasteiger partial charge on any atom is -0.497 e. The normalized spacial score (nSPS) is 11.3. The Morgan fingerprint density at radius 2 is 2.00 bits per heavy atom. The van der Waals surface area contributed by atoms with Crippen molar-refractivity contribution in [2.45, 2.75) is 6.18 Å². The molecule has 0 spiro atoms. The van der Waals surface area contributed by atoms with Crippen molar-refractivity contribution < 1.29 is 28.0 Å². The molecular formula is C7H7BF3NO3. The summed E-state index contributed by atoms with van der Waals surface area (Å²) in [5.74, 6) is -0.271. The van der Waals surface area contributed by atoms with Gasteiger partial charge in [-0.05, 0) is 6.07 Å². The smallest absolute Gasteiger partial charge is 0.494 e. The third-order valence-electron chi connectivity index (χ3n) is 1.70. The van der Waals surface area contributed by atoms with Crippen LogP contribution in [0.2, 0.25) is 0 Å². The van der Waals surface area contributed by atoms with Gasteiger partial charge in [0.25, 0.3) is 0 Å². The summed E-state index contributed by atoms with van der Waals surface area (Å²) < 4.78 is 41.7. The zero-order valence-electron chi connectivity index (χ0n) is 7.62. The zero-order valence-corrected chi connectivity index (χ0v) is 7.62. The summed E-state index contributed by atoms with van der Waals surface area (Å²) in [4.78, 5) is 3.05. The number of hydrogen-bond donors (Lipinski definition) is 2. The van der Waals surface area contributed by atoms with E-state index in [0.29, 0.717) is 0 Å². The van der Waals surface area contributed by atoms with Gasteiger partial charge in [0.2, 0.25) is 0 Å². The van der Waals surface area contributed by atoms with Crippen LogP contribution in [0.3, 0.4) is 0 Å². The predicted molar refractivity (Wildman–Crippen MR) is 45.6 cm³/mol. The number of aromatic nitrogens is 1. The largest absolute Gasteiger partial charge is 0.497 e. The minimum absolute atomic E-state index is 0.271. The summed E-state index contributed by atoms with van der Waals surface area (Å²) in [5, 5.41) is 17.6. The first-order valence-corrected chi connectivity index (χ1v) is 3.84. The second-order valence-electron chi connectivity index (χ2n) is 2.65. The molecule has 1 aromatic heterocycles. The monoisotopic (exact) mass is 221 g/mol. The van der Waals surface area contributed by atoms with Gasteiger partial charge in [0.05, 0.1) is 12.6 Å². The molecule has 15 heavy (non-hydrogen) atoms. The molecule has 0 saturated carbocycles. The van der Waals surface area contributed by atoms with Crippen molar-refractivity contribution in [3.63, 3.8) is 0 Å². The fourth-order valence-electron chi connectivity index (χ4n) is 1.11. The molecule has 0 radical (unpaired) electrons. The van der Waals surface area contributed by atoms with Crippen LogP contribution in [0.1, 0.15) is 5.69 Å². The van der Waals surface area contributed by atoms with Crippen molar-refractivity contribution in [3.05, 3.63) is 18.0 Å². The van der Waals surface area contributed by atoms with Crippen molar-refractivity contribution in [1.82, 2.24) is 4.98 Å². The van der Waals surface area contributed by atoms with Crippen molar-refractivity contribution >= 4 is 12.6 Å². The van der Waals surface area contributed by atoms with Crippen LogP contribution in [0.5, 0.6) is 5.75 Å². The average Bonchev–Trinajstić information content (AvgIpc) is 2.15. The fourth-order valence-corrected chi connectivity index (χ4v) is 1.11. The third-order valence-corrected chi connectivity index (χ3v) is 1.70. The van der Waals surface area contributed by atoms with Crippen LogP contribution < -0.4 is 10.2 Å². The van der Waals surface area contributed by atoms with E-state index in [4.69, 9.17) is 10.0 Å². The van der Waals surface area contributed by atoms with E-state index in [1.165, 1.54) is 0 Å². The number of rotatable bonds is 2. The molecule has 0 atom stereocenters. The number of halogens is 3. The molecule has 0 aliphatic rings. The van der Waals surface area contributed by atoms with E-state index in [0.717, 1.165) is 19.4 Å². The summed E-state index contributed by atoms with van der Waals surface area (Å²) in [7, 11) is -1.16. The lowest BCUT2D eigenvalue weighted by atomic mass is 9.78. The van der Waals surface area contributed by atoms with Gasteiger partial charge in [-0.2, -0.15) is 13.2 Å². The molecule has 0 unspecified atom stereocenters. The first kappa shape index (κ1) is 11.8. The SMILES string of the molecule is COc1ccnc(C(F)(F)F)c1B(O)O. The molecule has 0 aliphatic heterocycles. The summed E-state index contributed by atoms with van der Waals surface area (Å²) >= 11 is 0. The van der Waals surface area contributed by atoms with E-state index in [1.54, 1.807) is 0 Å². The lowest BCUT2D eigenvalue weighted by Gasteiger charge is -2.13. The van der Waals surface area contributed by atoms with Crippen LogP contribution in [0, 0.1) is 0 Å². The molecule has 1 aromatic rings. The molecular weight excluding hydrogens is 214 g/mol. The molecule has 1 heterocycles. The van der Waals surface area contributed by atoms with Crippen molar-refractivity contribution in [1.29, 1.82) is 0 Å². The van der Waals surface area contributed by atoms with E-state index >= 15 is 0 Å². The van der Waals surface area contributed by atoms with Crippen molar-refractivity contribution in [2.75, 3.05) is 7.11 Å². The molecule has 0 amide bonds. The van der Waals surface area contributed by atoms with Gasteiger partial charge in [-0.3, -0.25) is 4.98 Å². The first-order valence-electron chi connectivity index (χ1n) is 3.84. The maximum Gasteiger partial charge on any atom is 0.494 e. The molecule has 0 saturated heterocycles. The van der Waals surface area contributed by atoms with Crippen LogP contribution in [-0.4, -0.2) is 29.3 Å². The Bertz CT molecular complexity index is 356. The van der Waals surface area contributed by atoms with E-state index in [1.807, 2.05) is 0 Å². The van der Waals surface area contributed by atoms with Gasteiger partial charge in [0.1, 0.15) is 11.4 Å². The molecule has 2 N–H and O–H groups in total. The topological polar surface area (TPSA) is 62.6 Å². The van der Waals surface area contributed by atoms with Crippen LogP contribution in [0.15, 0.2) is 12.3 Å². The van der Waals surface area contributed by atoms with Crippen molar-refractivity contribution in [3.8, 4) is 5.75 Å². The first-order chi connectivity index (χ1) is 6.88. The lowest BCUT2D eigenvalue weighted by Crippen LogP contribution is -2.38. The third kappa shape index (κ3) is 2.39. The lowest BCUT2D eigenvalue weighted by molar-refractivity contribution is -0.140. The highest BCUT2D eigenvalue weighted by Crippen LogP contribution is 2.28. The summed E-state index contributed by atoms with van der Waals surface area (Å²) in [6.07, 6.45) is -3.87. The predicted octanol–water partition coefficient (Wildman–Crippen LogP) is -0.211. The van der Waals surface area contributed by atoms with Gasteiger partial charge < -0.3 is 14.8 Å². The number of pyridine rings is 1. The van der Waals surface area contributed by atoms with Crippen molar-refractivity contribution in [2.24, 2.45) is 0 Å². The van der Waals surface area contributed by atoms with Gasteiger partial charge in [-0.25, -0.2) is 0 Å². The molecule has 0 aromatic carbocycles. The average molecular weight is 221 g/mol. The Balaban J connectivity index is 3.39.